The second kappa shape index (κ2) is 7.18. The van der Waals surface area contributed by atoms with Crippen molar-refractivity contribution < 1.29 is 27.8 Å². The van der Waals surface area contributed by atoms with Crippen LogP contribution in [0.4, 0.5) is 0 Å². The number of carboxylic acids is 1. The fraction of sp³-hybridized carbons (Fsp3) is 0.533. The highest BCUT2D eigenvalue weighted by Crippen LogP contribution is 2.30. The number of nitrogens with one attached hydrogen (secondary N) is 1. The number of carbonyl (C=O) groups is 1. The molecule has 2 unspecified atom stereocenters. The van der Waals surface area contributed by atoms with Gasteiger partial charge in [0.15, 0.2) is 0 Å². The summed E-state index contributed by atoms with van der Waals surface area (Å²) in [5, 5.41) is 9.10. The lowest BCUT2D eigenvalue weighted by Crippen LogP contribution is -2.40. The smallest absolute Gasteiger partial charge is 0.306 e. The van der Waals surface area contributed by atoms with Crippen LogP contribution in [0.3, 0.4) is 0 Å². The van der Waals surface area contributed by atoms with Crippen LogP contribution in [-0.4, -0.2) is 39.8 Å². The minimum absolute atomic E-state index is 0.0123. The Hall–Kier alpha value is -1.80. The predicted molar refractivity (Wildman–Crippen MR) is 83.2 cm³/mol. The van der Waals surface area contributed by atoms with Crippen LogP contribution in [-0.2, 0) is 14.8 Å². The maximum atomic E-state index is 12.6. The van der Waals surface area contributed by atoms with Crippen LogP contribution < -0.4 is 14.2 Å². The van der Waals surface area contributed by atoms with Crippen LogP contribution in [0.25, 0.3) is 0 Å². The number of rotatable bonds is 6. The first kappa shape index (κ1) is 17.6. The SMILES string of the molecule is COc1ccc(S(=O)(=O)NC2CCCC(C(=O)O)C2)c(OC)c1. The normalized spacial score (nSPS) is 21.7. The molecule has 0 aromatic heterocycles. The van der Waals surface area contributed by atoms with Crippen molar-refractivity contribution in [2.24, 2.45) is 5.92 Å². The molecule has 1 aliphatic rings. The fourth-order valence-corrected chi connectivity index (χ4v) is 4.24. The number of hydrogen-bond donors (Lipinski definition) is 2. The summed E-state index contributed by atoms with van der Waals surface area (Å²) in [6, 6.07) is 4.06. The first-order chi connectivity index (χ1) is 10.9. The number of carboxylic acid groups (broad SMARTS) is 1. The van der Waals surface area contributed by atoms with Gasteiger partial charge in [-0.3, -0.25) is 4.79 Å². The van der Waals surface area contributed by atoms with Gasteiger partial charge in [0.1, 0.15) is 16.4 Å². The Balaban J connectivity index is 2.20. The van der Waals surface area contributed by atoms with Crippen LogP contribution in [0, 0.1) is 5.92 Å². The molecule has 8 heteroatoms. The lowest BCUT2D eigenvalue weighted by Gasteiger charge is -2.27. The zero-order chi connectivity index (χ0) is 17.0. The first-order valence-corrected chi connectivity index (χ1v) is 8.83. The Bertz CT molecular complexity index is 673. The summed E-state index contributed by atoms with van der Waals surface area (Å²) >= 11 is 0. The van der Waals surface area contributed by atoms with E-state index in [1.165, 1.54) is 32.4 Å². The van der Waals surface area contributed by atoms with Crippen molar-refractivity contribution in [3.05, 3.63) is 18.2 Å². The quantitative estimate of drug-likeness (QED) is 0.814. The van der Waals surface area contributed by atoms with Gasteiger partial charge in [-0.15, -0.1) is 0 Å². The van der Waals surface area contributed by atoms with Crippen molar-refractivity contribution in [3.8, 4) is 11.5 Å². The highest BCUT2D eigenvalue weighted by atomic mass is 32.2. The summed E-state index contributed by atoms with van der Waals surface area (Å²) in [6.45, 7) is 0. The maximum Gasteiger partial charge on any atom is 0.306 e. The van der Waals surface area contributed by atoms with Crippen molar-refractivity contribution in [2.45, 2.75) is 36.6 Å². The molecule has 1 saturated carbocycles. The van der Waals surface area contributed by atoms with Gasteiger partial charge in [-0.05, 0) is 31.4 Å². The molecule has 0 radical (unpaired) electrons. The van der Waals surface area contributed by atoms with Crippen LogP contribution in [0.15, 0.2) is 23.1 Å². The first-order valence-electron chi connectivity index (χ1n) is 7.34. The second-order valence-electron chi connectivity index (χ2n) is 5.54. The Morgan fingerprint density at radius 3 is 2.61 bits per heavy atom. The molecule has 1 fully saturated rings. The number of benzene rings is 1. The van der Waals surface area contributed by atoms with E-state index in [1.54, 1.807) is 0 Å². The molecule has 0 spiro atoms. The molecule has 2 N–H and O–H groups in total. The average Bonchev–Trinajstić information content (AvgIpc) is 2.53. The van der Waals surface area contributed by atoms with Crippen LogP contribution >= 0.6 is 0 Å². The molecule has 0 amide bonds. The molecule has 1 aromatic rings. The van der Waals surface area contributed by atoms with E-state index in [2.05, 4.69) is 4.72 Å². The van der Waals surface area contributed by atoms with Crippen molar-refractivity contribution in [1.29, 1.82) is 0 Å². The highest BCUT2D eigenvalue weighted by Gasteiger charge is 2.31. The molecule has 0 heterocycles. The number of sulfonamides is 1. The van der Waals surface area contributed by atoms with E-state index in [4.69, 9.17) is 14.6 Å². The molecule has 7 nitrogen and oxygen atoms in total. The van der Waals surface area contributed by atoms with Crippen molar-refractivity contribution in [2.75, 3.05) is 14.2 Å². The van der Waals surface area contributed by atoms with Crippen LogP contribution in [0.2, 0.25) is 0 Å². The van der Waals surface area contributed by atoms with Crippen LogP contribution in [0.1, 0.15) is 25.7 Å². The van der Waals surface area contributed by atoms with E-state index < -0.39 is 21.9 Å². The molecule has 128 valence electrons. The summed E-state index contributed by atoms with van der Waals surface area (Å²) in [5.74, 6) is -0.711. The molecule has 2 atom stereocenters. The van der Waals surface area contributed by atoms with Gasteiger partial charge in [0.25, 0.3) is 0 Å². The molecular formula is C15H21NO6S. The van der Waals surface area contributed by atoms with E-state index in [9.17, 15) is 13.2 Å². The van der Waals surface area contributed by atoms with Gasteiger partial charge in [0.2, 0.25) is 10.0 Å². The topological polar surface area (TPSA) is 102 Å². The molecule has 2 rings (SSSR count). The summed E-state index contributed by atoms with van der Waals surface area (Å²) in [5.41, 5.74) is 0. The number of ether oxygens (including phenoxy) is 2. The van der Waals surface area contributed by atoms with Gasteiger partial charge in [-0.2, -0.15) is 0 Å². The molecule has 0 aliphatic heterocycles. The van der Waals surface area contributed by atoms with E-state index in [-0.39, 0.29) is 16.7 Å². The summed E-state index contributed by atoms with van der Waals surface area (Å²) < 4.78 is 37.9. The predicted octanol–water partition coefficient (Wildman–Crippen LogP) is 1.63. The van der Waals surface area contributed by atoms with E-state index in [0.29, 0.717) is 31.4 Å². The lowest BCUT2D eigenvalue weighted by atomic mass is 9.86. The number of hydrogen-bond acceptors (Lipinski definition) is 5. The molecule has 1 aromatic carbocycles. The minimum atomic E-state index is -3.80. The largest absolute Gasteiger partial charge is 0.497 e. The molecule has 23 heavy (non-hydrogen) atoms. The second-order valence-corrected chi connectivity index (χ2v) is 7.22. The Kier molecular flexibility index (Phi) is 5.48. The third kappa shape index (κ3) is 4.14. The van der Waals surface area contributed by atoms with Crippen molar-refractivity contribution in [1.82, 2.24) is 4.72 Å². The summed E-state index contributed by atoms with van der Waals surface area (Å²) in [7, 11) is -0.935. The van der Waals surface area contributed by atoms with E-state index in [1.807, 2.05) is 0 Å². The van der Waals surface area contributed by atoms with E-state index in [0.717, 1.165) is 0 Å². The Morgan fingerprint density at radius 1 is 1.26 bits per heavy atom. The summed E-state index contributed by atoms with van der Waals surface area (Å²) in [4.78, 5) is 11.1. The molecule has 0 saturated heterocycles. The average molecular weight is 343 g/mol. The fourth-order valence-electron chi connectivity index (χ4n) is 2.80. The van der Waals surface area contributed by atoms with Gasteiger partial charge in [-0.25, -0.2) is 13.1 Å². The third-order valence-electron chi connectivity index (χ3n) is 4.01. The van der Waals surface area contributed by atoms with E-state index >= 15 is 0 Å². The van der Waals surface area contributed by atoms with Crippen molar-refractivity contribution in [3.63, 3.8) is 0 Å². The molecule has 0 bridgehead atoms. The van der Waals surface area contributed by atoms with Gasteiger partial charge in [0, 0.05) is 12.1 Å². The monoisotopic (exact) mass is 343 g/mol. The number of aliphatic carboxylic acids is 1. The standard InChI is InChI=1S/C15H21NO6S/c1-21-12-6-7-14(13(9-12)22-2)23(19,20)16-11-5-3-4-10(8-11)15(17)18/h6-7,9-11,16H,3-5,8H2,1-2H3,(H,17,18). The minimum Gasteiger partial charge on any atom is -0.497 e. The van der Waals surface area contributed by atoms with Gasteiger partial charge in [-0.1, -0.05) is 6.42 Å². The van der Waals surface area contributed by atoms with Crippen molar-refractivity contribution >= 4 is 16.0 Å². The highest BCUT2D eigenvalue weighted by molar-refractivity contribution is 7.89. The maximum absolute atomic E-state index is 12.6. The van der Waals surface area contributed by atoms with Gasteiger partial charge >= 0.3 is 5.97 Å². The lowest BCUT2D eigenvalue weighted by molar-refractivity contribution is -0.143. The number of methoxy groups -OCH3 is 2. The zero-order valence-electron chi connectivity index (χ0n) is 13.1. The molecule has 1 aliphatic carbocycles. The Morgan fingerprint density at radius 2 is 2.00 bits per heavy atom. The third-order valence-corrected chi connectivity index (χ3v) is 5.57. The van der Waals surface area contributed by atoms with Gasteiger partial charge in [0.05, 0.1) is 20.1 Å². The Labute approximate surface area is 135 Å². The van der Waals surface area contributed by atoms with Gasteiger partial charge < -0.3 is 14.6 Å². The summed E-state index contributed by atoms with van der Waals surface area (Å²) in [6.07, 6.45) is 2.19. The van der Waals surface area contributed by atoms with Crippen LogP contribution in [0.5, 0.6) is 11.5 Å². The molecular weight excluding hydrogens is 322 g/mol. The zero-order valence-corrected chi connectivity index (χ0v) is 13.9.